The SMILES string of the molecule is CC(CNC1CC1)S(=O)(=O)NC1(C)CCCCC1. The maximum absolute atomic E-state index is 12.3. The second kappa shape index (κ2) is 5.47. The Morgan fingerprint density at radius 2 is 1.83 bits per heavy atom. The van der Waals surface area contributed by atoms with Gasteiger partial charge in [-0.3, -0.25) is 0 Å². The summed E-state index contributed by atoms with van der Waals surface area (Å²) in [4.78, 5) is 0. The molecule has 2 rings (SSSR count). The van der Waals surface area contributed by atoms with E-state index in [1.807, 2.05) is 6.92 Å². The van der Waals surface area contributed by atoms with Gasteiger partial charge in [0.25, 0.3) is 0 Å². The van der Waals surface area contributed by atoms with Gasteiger partial charge in [0.15, 0.2) is 0 Å². The van der Waals surface area contributed by atoms with E-state index >= 15 is 0 Å². The monoisotopic (exact) mass is 274 g/mol. The molecule has 4 nitrogen and oxygen atoms in total. The normalized spacial score (nSPS) is 25.9. The van der Waals surface area contributed by atoms with Gasteiger partial charge in [-0.15, -0.1) is 0 Å². The molecule has 0 aromatic rings. The fourth-order valence-electron chi connectivity index (χ4n) is 2.61. The van der Waals surface area contributed by atoms with Crippen LogP contribution in [0, 0.1) is 0 Å². The summed E-state index contributed by atoms with van der Waals surface area (Å²) >= 11 is 0. The Balaban J connectivity index is 1.87. The van der Waals surface area contributed by atoms with Crippen LogP contribution in [0.2, 0.25) is 0 Å². The molecule has 0 bridgehead atoms. The zero-order valence-electron chi connectivity index (χ0n) is 11.5. The first kappa shape index (κ1) is 14.3. The molecule has 106 valence electrons. The van der Waals surface area contributed by atoms with E-state index in [-0.39, 0.29) is 10.8 Å². The molecule has 2 fully saturated rings. The predicted molar refractivity (Wildman–Crippen MR) is 74.0 cm³/mol. The van der Waals surface area contributed by atoms with Crippen LogP contribution in [0.5, 0.6) is 0 Å². The molecule has 0 saturated heterocycles. The summed E-state index contributed by atoms with van der Waals surface area (Å²) in [6.07, 6.45) is 7.82. The average Bonchev–Trinajstić information content (AvgIpc) is 3.09. The van der Waals surface area contributed by atoms with Crippen LogP contribution >= 0.6 is 0 Å². The number of hydrogen-bond acceptors (Lipinski definition) is 3. The summed E-state index contributed by atoms with van der Waals surface area (Å²) in [5, 5.41) is 2.94. The first-order valence-electron chi connectivity index (χ1n) is 7.17. The Kier molecular flexibility index (Phi) is 4.34. The first-order valence-corrected chi connectivity index (χ1v) is 8.72. The van der Waals surface area contributed by atoms with Gasteiger partial charge in [0.2, 0.25) is 10.0 Å². The highest BCUT2D eigenvalue weighted by Gasteiger charge is 2.34. The van der Waals surface area contributed by atoms with Gasteiger partial charge < -0.3 is 5.32 Å². The van der Waals surface area contributed by atoms with Crippen molar-refractivity contribution in [1.29, 1.82) is 0 Å². The smallest absolute Gasteiger partial charge is 0.215 e. The Bertz CT molecular complexity index is 370. The summed E-state index contributed by atoms with van der Waals surface area (Å²) in [6, 6.07) is 0.563. The summed E-state index contributed by atoms with van der Waals surface area (Å²) in [5.41, 5.74) is -0.217. The Labute approximate surface area is 111 Å². The van der Waals surface area contributed by atoms with Gasteiger partial charge in [0, 0.05) is 18.1 Å². The minimum atomic E-state index is -3.20. The summed E-state index contributed by atoms with van der Waals surface area (Å²) < 4.78 is 27.5. The van der Waals surface area contributed by atoms with Crippen LogP contribution in [-0.2, 0) is 10.0 Å². The third-order valence-corrected chi connectivity index (χ3v) is 6.15. The number of sulfonamides is 1. The minimum absolute atomic E-state index is 0.217. The summed E-state index contributed by atoms with van der Waals surface area (Å²) in [6.45, 7) is 4.41. The second-order valence-electron chi connectivity index (χ2n) is 6.26. The van der Waals surface area contributed by atoms with Crippen LogP contribution in [0.4, 0.5) is 0 Å². The van der Waals surface area contributed by atoms with Crippen LogP contribution in [0.15, 0.2) is 0 Å². The molecular formula is C13H26N2O2S. The van der Waals surface area contributed by atoms with E-state index in [1.165, 1.54) is 19.3 Å². The molecule has 0 spiro atoms. The van der Waals surface area contributed by atoms with E-state index in [4.69, 9.17) is 0 Å². The molecule has 0 amide bonds. The fraction of sp³-hybridized carbons (Fsp3) is 1.00. The van der Waals surface area contributed by atoms with Crippen molar-refractivity contribution in [2.24, 2.45) is 0 Å². The zero-order valence-corrected chi connectivity index (χ0v) is 12.4. The maximum Gasteiger partial charge on any atom is 0.215 e. The van der Waals surface area contributed by atoms with Crippen molar-refractivity contribution < 1.29 is 8.42 Å². The molecule has 2 aliphatic carbocycles. The average molecular weight is 274 g/mol. The molecular weight excluding hydrogens is 248 g/mol. The van der Waals surface area contributed by atoms with E-state index < -0.39 is 10.0 Å². The van der Waals surface area contributed by atoms with Gasteiger partial charge >= 0.3 is 0 Å². The molecule has 0 heterocycles. The van der Waals surface area contributed by atoms with Crippen LogP contribution in [0.3, 0.4) is 0 Å². The second-order valence-corrected chi connectivity index (χ2v) is 8.36. The topological polar surface area (TPSA) is 58.2 Å². The van der Waals surface area contributed by atoms with Gasteiger partial charge in [-0.1, -0.05) is 19.3 Å². The quantitative estimate of drug-likeness (QED) is 0.776. The van der Waals surface area contributed by atoms with Gasteiger partial charge in [-0.2, -0.15) is 0 Å². The Morgan fingerprint density at radius 1 is 1.22 bits per heavy atom. The maximum atomic E-state index is 12.3. The number of rotatable bonds is 6. The highest BCUT2D eigenvalue weighted by atomic mass is 32.2. The minimum Gasteiger partial charge on any atom is -0.313 e. The fourth-order valence-corrected chi connectivity index (χ4v) is 4.02. The van der Waals surface area contributed by atoms with Gasteiger partial charge in [0.1, 0.15) is 0 Å². The third-order valence-electron chi connectivity index (χ3n) is 4.15. The van der Waals surface area contributed by atoms with Crippen LogP contribution in [0.1, 0.15) is 58.8 Å². The molecule has 5 heteroatoms. The van der Waals surface area contributed by atoms with E-state index in [0.29, 0.717) is 12.6 Å². The molecule has 2 aliphatic rings. The molecule has 0 aromatic carbocycles. The van der Waals surface area contributed by atoms with Gasteiger partial charge in [-0.05, 0) is 39.5 Å². The first-order chi connectivity index (χ1) is 8.41. The molecule has 0 aliphatic heterocycles. The van der Waals surface area contributed by atoms with E-state index in [1.54, 1.807) is 6.92 Å². The molecule has 18 heavy (non-hydrogen) atoms. The van der Waals surface area contributed by atoms with Crippen molar-refractivity contribution >= 4 is 10.0 Å². The van der Waals surface area contributed by atoms with Gasteiger partial charge in [0.05, 0.1) is 5.25 Å². The van der Waals surface area contributed by atoms with E-state index in [9.17, 15) is 8.42 Å². The van der Waals surface area contributed by atoms with E-state index in [0.717, 1.165) is 25.7 Å². The molecule has 2 saturated carbocycles. The summed E-state index contributed by atoms with van der Waals surface area (Å²) in [5.74, 6) is 0. The lowest BCUT2D eigenvalue weighted by atomic mass is 9.84. The highest BCUT2D eigenvalue weighted by molar-refractivity contribution is 7.90. The van der Waals surface area contributed by atoms with Crippen LogP contribution in [-0.4, -0.2) is 31.8 Å². The largest absolute Gasteiger partial charge is 0.313 e. The standard InChI is InChI=1S/C13H26N2O2S/c1-11(10-14-12-6-7-12)18(16,17)15-13(2)8-4-3-5-9-13/h11-12,14-15H,3-10H2,1-2H3. The van der Waals surface area contributed by atoms with Crippen LogP contribution in [0.25, 0.3) is 0 Å². The lowest BCUT2D eigenvalue weighted by molar-refractivity contribution is 0.293. The Hall–Kier alpha value is -0.130. The summed E-state index contributed by atoms with van der Waals surface area (Å²) in [7, 11) is -3.20. The molecule has 2 N–H and O–H groups in total. The molecule has 1 unspecified atom stereocenters. The molecule has 1 atom stereocenters. The lowest BCUT2D eigenvalue weighted by Crippen LogP contribution is -2.51. The lowest BCUT2D eigenvalue weighted by Gasteiger charge is -2.35. The molecule has 0 radical (unpaired) electrons. The van der Waals surface area contributed by atoms with Crippen molar-refractivity contribution in [2.75, 3.05) is 6.54 Å². The highest BCUT2D eigenvalue weighted by Crippen LogP contribution is 2.28. The van der Waals surface area contributed by atoms with Crippen LogP contribution < -0.4 is 10.0 Å². The van der Waals surface area contributed by atoms with Crippen molar-refractivity contribution in [3.63, 3.8) is 0 Å². The third kappa shape index (κ3) is 3.93. The number of hydrogen-bond donors (Lipinski definition) is 2. The van der Waals surface area contributed by atoms with Crippen molar-refractivity contribution in [2.45, 2.75) is 75.6 Å². The van der Waals surface area contributed by atoms with Gasteiger partial charge in [-0.25, -0.2) is 13.1 Å². The Morgan fingerprint density at radius 3 is 2.39 bits per heavy atom. The van der Waals surface area contributed by atoms with Crippen molar-refractivity contribution in [3.05, 3.63) is 0 Å². The molecule has 0 aromatic heterocycles. The van der Waals surface area contributed by atoms with Crippen molar-refractivity contribution in [3.8, 4) is 0 Å². The van der Waals surface area contributed by atoms with E-state index in [2.05, 4.69) is 10.0 Å². The zero-order chi connectivity index (χ0) is 13.2. The predicted octanol–water partition coefficient (Wildman–Crippen LogP) is 1.77. The number of nitrogens with one attached hydrogen (secondary N) is 2. The van der Waals surface area contributed by atoms with Crippen molar-refractivity contribution in [1.82, 2.24) is 10.0 Å².